The van der Waals surface area contributed by atoms with Gasteiger partial charge in [0.1, 0.15) is 11.6 Å². The Kier molecular flexibility index (Phi) is 2.12. The fourth-order valence-electron chi connectivity index (χ4n) is 1.53. The number of nitrogens with zero attached hydrogens (tertiary/aromatic N) is 3. The molecule has 1 unspecified atom stereocenters. The molecule has 0 fully saturated rings. The Labute approximate surface area is 85.3 Å². The van der Waals surface area contributed by atoms with E-state index in [9.17, 15) is 4.79 Å². The maximum Gasteiger partial charge on any atom is 0.325 e. The Balaban J connectivity index is 2.69. The van der Waals surface area contributed by atoms with E-state index in [1.165, 1.54) is 4.68 Å². The van der Waals surface area contributed by atoms with Gasteiger partial charge in [-0.25, -0.2) is 4.68 Å². The standard InChI is InChI=1S/C9H10N4O2/c1-13-8-5(7(10)9(14)15)3-2-4-6(8)11-12-13/h2-4,7H,10H2,1H3,(H,14,15). The number of nitrogens with two attached hydrogens (primary N) is 1. The second-order valence-electron chi connectivity index (χ2n) is 3.24. The zero-order chi connectivity index (χ0) is 11.0. The minimum atomic E-state index is -1.07. The Morgan fingerprint density at radius 3 is 3.00 bits per heavy atom. The number of hydrogen-bond donors (Lipinski definition) is 2. The number of aliphatic carboxylic acids is 1. The van der Waals surface area contributed by atoms with E-state index < -0.39 is 12.0 Å². The number of aromatic nitrogens is 3. The van der Waals surface area contributed by atoms with Gasteiger partial charge >= 0.3 is 5.97 Å². The van der Waals surface area contributed by atoms with Crippen molar-refractivity contribution < 1.29 is 9.90 Å². The van der Waals surface area contributed by atoms with Gasteiger partial charge in [0.2, 0.25) is 0 Å². The molecule has 6 nitrogen and oxygen atoms in total. The normalized spacial score (nSPS) is 12.9. The van der Waals surface area contributed by atoms with Crippen molar-refractivity contribution in [3.05, 3.63) is 23.8 Å². The zero-order valence-electron chi connectivity index (χ0n) is 8.08. The highest BCUT2D eigenvalue weighted by Gasteiger charge is 2.19. The fraction of sp³-hybridized carbons (Fsp3) is 0.222. The minimum Gasteiger partial charge on any atom is -0.480 e. The topological polar surface area (TPSA) is 94.0 Å². The van der Waals surface area contributed by atoms with E-state index in [0.717, 1.165) is 0 Å². The first-order chi connectivity index (χ1) is 7.11. The van der Waals surface area contributed by atoms with E-state index in [2.05, 4.69) is 10.3 Å². The van der Waals surface area contributed by atoms with Crippen molar-refractivity contribution in [3.8, 4) is 0 Å². The van der Waals surface area contributed by atoms with Gasteiger partial charge in [0.15, 0.2) is 0 Å². The van der Waals surface area contributed by atoms with E-state index in [-0.39, 0.29) is 0 Å². The second-order valence-corrected chi connectivity index (χ2v) is 3.24. The summed E-state index contributed by atoms with van der Waals surface area (Å²) < 4.78 is 1.52. The summed E-state index contributed by atoms with van der Waals surface area (Å²) in [5.41, 5.74) is 7.39. The van der Waals surface area contributed by atoms with Crippen LogP contribution in [0.1, 0.15) is 11.6 Å². The van der Waals surface area contributed by atoms with Crippen LogP contribution in [0.25, 0.3) is 11.0 Å². The summed E-state index contributed by atoms with van der Waals surface area (Å²) in [5, 5.41) is 16.5. The van der Waals surface area contributed by atoms with Crippen LogP contribution >= 0.6 is 0 Å². The summed E-state index contributed by atoms with van der Waals surface area (Å²) in [4.78, 5) is 10.8. The lowest BCUT2D eigenvalue weighted by atomic mass is 10.1. The molecule has 0 aliphatic rings. The molecule has 0 amide bonds. The van der Waals surface area contributed by atoms with Crippen molar-refractivity contribution in [2.75, 3.05) is 0 Å². The number of carbonyl (C=O) groups is 1. The summed E-state index contributed by atoms with van der Waals surface area (Å²) in [5.74, 6) is -1.07. The molecule has 6 heteroatoms. The van der Waals surface area contributed by atoms with E-state index in [4.69, 9.17) is 10.8 Å². The SMILES string of the molecule is Cn1nnc2cccc(C(N)C(=O)O)c21. The Bertz CT molecular complexity index is 520. The number of para-hydroxylation sites is 1. The molecular weight excluding hydrogens is 196 g/mol. The van der Waals surface area contributed by atoms with Crippen LogP contribution in [0.4, 0.5) is 0 Å². The third-order valence-corrected chi connectivity index (χ3v) is 2.26. The molecular formula is C9H10N4O2. The summed E-state index contributed by atoms with van der Waals surface area (Å²) in [6.07, 6.45) is 0. The van der Waals surface area contributed by atoms with Crippen molar-refractivity contribution in [3.63, 3.8) is 0 Å². The average molecular weight is 206 g/mol. The number of carboxylic acid groups (broad SMARTS) is 1. The summed E-state index contributed by atoms with van der Waals surface area (Å²) >= 11 is 0. The monoisotopic (exact) mass is 206 g/mol. The van der Waals surface area contributed by atoms with Crippen molar-refractivity contribution in [1.29, 1.82) is 0 Å². The van der Waals surface area contributed by atoms with Crippen LogP contribution in [0, 0.1) is 0 Å². The quantitative estimate of drug-likeness (QED) is 0.724. The largest absolute Gasteiger partial charge is 0.480 e. The summed E-state index contributed by atoms with van der Waals surface area (Å²) in [7, 11) is 1.70. The smallest absolute Gasteiger partial charge is 0.325 e. The number of fused-ring (bicyclic) bond motifs is 1. The van der Waals surface area contributed by atoms with Crippen LogP contribution < -0.4 is 5.73 Å². The van der Waals surface area contributed by atoms with Gasteiger partial charge in [-0.05, 0) is 6.07 Å². The molecule has 1 heterocycles. The number of carboxylic acids is 1. The third kappa shape index (κ3) is 1.44. The number of rotatable bonds is 2. The van der Waals surface area contributed by atoms with Crippen molar-refractivity contribution >= 4 is 17.0 Å². The van der Waals surface area contributed by atoms with Crippen LogP contribution in [0.2, 0.25) is 0 Å². The number of aryl methyl sites for hydroxylation is 1. The van der Waals surface area contributed by atoms with E-state index in [1.807, 2.05) is 0 Å². The molecule has 0 saturated carbocycles. The van der Waals surface area contributed by atoms with E-state index in [1.54, 1.807) is 25.2 Å². The highest BCUT2D eigenvalue weighted by atomic mass is 16.4. The molecule has 3 N–H and O–H groups in total. The Morgan fingerprint density at radius 2 is 2.33 bits per heavy atom. The van der Waals surface area contributed by atoms with Gasteiger partial charge < -0.3 is 10.8 Å². The van der Waals surface area contributed by atoms with Crippen LogP contribution in [0.5, 0.6) is 0 Å². The van der Waals surface area contributed by atoms with Crippen LogP contribution in [0.3, 0.4) is 0 Å². The molecule has 0 aliphatic carbocycles. The highest BCUT2D eigenvalue weighted by Crippen LogP contribution is 2.20. The summed E-state index contributed by atoms with van der Waals surface area (Å²) in [6.45, 7) is 0. The Hall–Kier alpha value is -1.95. The molecule has 0 radical (unpaired) electrons. The minimum absolute atomic E-state index is 0.521. The predicted molar refractivity (Wildman–Crippen MR) is 53.1 cm³/mol. The van der Waals surface area contributed by atoms with Gasteiger partial charge in [0.05, 0.1) is 5.52 Å². The van der Waals surface area contributed by atoms with Crippen LogP contribution in [0.15, 0.2) is 18.2 Å². The molecule has 1 aromatic heterocycles. The van der Waals surface area contributed by atoms with Crippen LogP contribution in [-0.4, -0.2) is 26.1 Å². The second kappa shape index (κ2) is 3.32. The van der Waals surface area contributed by atoms with Gasteiger partial charge in [0, 0.05) is 12.6 Å². The molecule has 2 rings (SSSR count). The maximum absolute atomic E-state index is 10.8. The molecule has 1 atom stereocenters. The molecule has 0 saturated heterocycles. The predicted octanol–water partition coefficient (Wildman–Crippen LogP) is 0.0527. The van der Waals surface area contributed by atoms with Crippen molar-refractivity contribution in [2.24, 2.45) is 12.8 Å². The molecule has 1 aromatic carbocycles. The lowest BCUT2D eigenvalue weighted by Gasteiger charge is -2.08. The lowest BCUT2D eigenvalue weighted by molar-refractivity contribution is -0.138. The Morgan fingerprint density at radius 1 is 1.60 bits per heavy atom. The van der Waals surface area contributed by atoms with E-state index >= 15 is 0 Å². The summed E-state index contributed by atoms with van der Waals surface area (Å²) in [6, 6.07) is 4.10. The fourth-order valence-corrected chi connectivity index (χ4v) is 1.53. The van der Waals surface area contributed by atoms with Gasteiger partial charge in [-0.1, -0.05) is 17.3 Å². The van der Waals surface area contributed by atoms with Crippen molar-refractivity contribution in [1.82, 2.24) is 15.0 Å². The molecule has 2 aromatic rings. The van der Waals surface area contributed by atoms with Gasteiger partial charge in [0.25, 0.3) is 0 Å². The number of hydrogen-bond acceptors (Lipinski definition) is 4. The molecule has 0 spiro atoms. The first-order valence-electron chi connectivity index (χ1n) is 4.38. The average Bonchev–Trinajstić information content (AvgIpc) is 2.59. The molecule has 0 aliphatic heterocycles. The first kappa shape index (κ1) is 9.60. The maximum atomic E-state index is 10.8. The number of benzene rings is 1. The van der Waals surface area contributed by atoms with Crippen molar-refractivity contribution in [2.45, 2.75) is 6.04 Å². The first-order valence-corrected chi connectivity index (χ1v) is 4.38. The van der Waals surface area contributed by atoms with Crippen LogP contribution in [-0.2, 0) is 11.8 Å². The highest BCUT2D eigenvalue weighted by molar-refractivity contribution is 5.85. The molecule has 0 bridgehead atoms. The lowest BCUT2D eigenvalue weighted by Crippen LogP contribution is -2.21. The van der Waals surface area contributed by atoms with Gasteiger partial charge in [-0.2, -0.15) is 0 Å². The molecule has 15 heavy (non-hydrogen) atoms. The molecule has 78 valence electrons. The third-order valence-electron chi connectivity index (χ3n) is 2.26. The zero-order valence-corrected chi connectivity index (χ0v) is 8.08. The van der Waals surface area contributed by atoms with Gasteiger partial charge in [-0.15, -0.1) is 5.10 Å². The van der Waals surface area contributed by atoms with E-state index in [0.29, 0.717) is 16.6 Å². The van der Waals surface area contributed by atoms with Gasteiger partial charge in [-0.3, -0.25) is 4.79 Å².